The highest BCUT2D eigenvalue weighted by atomic mass is 35.5. The number of halogens is 1. The number of rotatable bonds is 9. The number of carbonyl (C=O) groups is 1. The molecule has 2 N–H and O–H groups in total. The summed E-state index contributed by atoms with van der Waals surface area (Å²) >= 11 is 5.80. The van der Waals surface area contributed by atoms with Crippen LogP contribution in [0.1, 0.15) is 5.56 Å². The zero-order valence-electron chi connectivity index (χ0n) is 11.6. The number of aliphatic hydroxyl groups is 1. The minimum Gasteiger partial charge on any atom is -0.395 e. The van der Waals surface area contributed by atoms with Crippen LogP contribution in [0.25, 0.3) is 0 Å². The summed E-state index contributed by atoms with van der Waals surface area (Å²) in [5.74, 6) is -0.0792. The number of benzene rings is 1. The van der Waals surface area contributed by atoms with Crippen LogP contribution in [-0.2, 0) is 16.1 Å². The van der Waals surface area contributed by atoms with Crippen LogP contribution in [0.4, 0.5) is 0 Å². The van der Waals surface area contributed by atoms with Gasteiger partial charge in [-0.15, -0.1) is 0 Å². The molecule has 0 unspecified atom stereocenters. The molecule has 0 aliphatic heterocycles. The normalized spacial score (nSPS) is 10.8. The minimum absolute atomic E-state index is 0.0220. The van der Waals surface area contributed by atoms with Crippen molar-refractivity contribution in [3.05, 3.63) is 34.9 Å². The van der Waals surface area contributed by atoms with E-state index >= 15 is 0 Å². The lowest BCUT2D eigenvalue weighted by atomic mass is 10.2. The second kappa shape index (κ2) is 9.72. The molecule has 0 fully saturated rings. The summed E-state index contributed by atoms with van der Waals surface area (Å²) in [6.45, 7) is 2.34. The molecule has 0 heterocycles. The quantitative estimate of drug-likeness (QED) is 0.711. The van der Waals surface area contributed by atoms with Gasteiger partial charge in [0.25, 0.3) is 0 Å². The lowest BCUT2D eigenvalue weighted by molar-refractivity contribution is -0.122. The number of nitrogens with one attached hydrogen (secondary N) is 1. The molecule has 0 aliphatic rings. The third-order valence-corrected chi connectivity index (χ3v) is 3.05. The fraction of sp³-hybridized carbons (Fsp3) is 0.500. The minimum atomic E-state index is -0.0792. The first-order valence-corrected chi connectivity index (χ1v) is 6.86. The number of amides is 1. The van der Waals surface area contributed by atoms with Crippen LogP contribution < -0.4 is 5.32 Å². The summed E-state index contributed by atoms with van der Waals surface area (Å²) in [6, 6.07) is 7.33. The Labute approximate surface area is 124 Å². The van der Waals surface area contributed by atoms with Crippen molar-refractivity contribution >= 4 is 17.5 Å². The Hall–Kier alpha value is -1.14. The summed E-state index contributed by atoms with van der Waals surface area (Å²) in [4.78, 5) is 13.7. The summed E-state index contributed by atoms with van der Waals surface area (Å²) in [7, 11) is 1.61. The summed E-state index contributed by atoms with van der Waals surface area (Å²) in [5.41, 5.74) is 0.994. The van der Waals surface area contributed by atoms with E-state index < -0.39 is 0 Å². The molecule has 0 bridgehead atoms. The Bertz CT molecular complexity index is 398. The van der Waals surface area contributed by atoms with Gasteiger partial charge in [-0.1, -0.05) is 23.7 Å². The van der Waals surface area contributed by atoms with Crippen LogP contribution in [0.5, 0.6) is 0 Å². The van der Waals surface area contributed by atoms with E-state index in [1.54, 1.807) is 19.2 Å². The second-order valence-electron chi connectivity index (χ2n) is 4.40. The number of ether oxygens (including phenoxy) is 1. The van der Waals surface area contributed by atoms with Crippen molar-refractivity contribution in [3.8, 4) is 0 Å². The molecule has 1 aromatic carbocycles. The number of nitrogens with zero attached hydrogens (tertiary/aromatic N) is 1. The molecule has 0 radical (unpaired) electrons. The first-order chi connectivity index (χ1) is 9.65. The van der Waals surface area contributed by atoms with Gasteiger partial charge in [0.1, 0.15) is 0 Å². The lowest BCUT2D eigenvalue weighted by Gasteiger charge is -2.20. The van der Waals surface area contributed by atoms with Gasteiger partial charge in [0.2, 0.25) is 5.91 Å². The molecule has 1 amide bonds. The van der Waals surface area contributed by atoms with E-state index in [2.05, 4.69) is 5.32 Å². The van der Waals surface area contributed by atoms with Gasteiger partial charge in [0.05, 0.1) is 19.8 Å². The number of carbonyl (C=O) groups excluding carboxylic acids is 1. The maximum Gasteiger partial charge on any atom is 0.234 e. The Morgan fingerprint density at radius 2 is 2.05 bits per heavy atom. The fourth-order valence-electron chi connectivity index (χ4n) is 1.69. The predicted octanol–water partition coefficient (Wildman–Crippen LogP) is 0.897. The molecule has 20 heavy (non-hydrogen) atoms. The van der Waals surface area contributed by atoms with Crippen molar-refractivity contribution < 1.29 is 14.6 Å². The van der Waals surface area contributed by atoms with E-state index in [1.807, 2.05) is 17.0 Å². The third kappa shape index (κ3) is 6.86. The average Bonchev–Trinajstić information content (AvgIpc) is 2.44. The average molecular weight is 301 g/mol. The van der Waals surface area contributed by atoms with Gasteiger partial charge < -0.3 is 15.2 Å². The standard InChI is InChI=1S/C14H21ClN2O3/c1-20-9-7-17(6-8-18)11-14(19)16-10-12-2-4-13(15)5-3-12/h2-5,18H,6-11H2,1H3,(H,16,19). The van der Waals surface area contributed by atoms with Crippen LogP contribution in [-0.4, -0.2) is 55.9 Å². The fourth-order valence-corrected chi connectivity index (χ4v) is 1.82. The molecule has 0 aliphatic carbocycles. The van der Waals surface area contributed by atoms with Crippen molar-refractivity contribution in [2.24, 2.45) is 0 Å². The molecule has 0 saturated heterocycles. The lowest BCUT2D eigenvalue weighted by Crippen LogP contribution is -2.39. The molecule has 0 atom stereocenters. The van der Waals surface area contributed by atoms with Gasteiger partial charge in [-0.25, -0.2) is 0 Å². The maximum absolute atomic E-state index is 11.8. The van der Waals surface area contributed by atoms with Crippen LogP contribution in [0.2, 0.25) is 5.02 Å². The molecule has 5 nitrogen and oxygen atoms in total. The molecule has 112 valence electrons. The summed E-state index contributed by atoms with van der Waals surface area (Å²) < 4.78 is 4.97. The molecular weight excluding hydrogens is 280 g/mol. The van der Waals surface area contributed by atoms with Crippen LogP contribution >= 0.6 is 11.6 Å². The van der Waals surface area contributed by atoms with Crippen molar-refractivity contribution in [1.29, 1.82) is 0 Å². The molecule has 0 saturated carbocycles. The van der Waals surface area contributed by atoms with E-state index in [1.165, 1.54) is 0 Å². The van der Waals surface area contributed by atoms with Gasteiger partial charge in [-0.3, -0.25) is 9.69 Å². The SMILES string of the molecule is COCCN(CCO)CC(=O)NCc1ccc(Cl)cc1. The van der Waals surface area contributed by atoms with E-state index in [-0.39, 0.29) is 19.1 Å². The van der Waals surface area contributed by atoms with E-state index in [0.29, 0.717) is 31.3 Å². The molecule has 0 spiro atoms. The molecular formula is C14H21ClN2O3. The van der Waals surface area contributed by atoms with Crippen LogP contribution in [0, 0.1) is 0 Å². The molecule has 1 aromatic rings. The zero-order valence-corrected chi connectivity index (χ0v) is 12.4. The van der Waals surface area contributed by atoms with Crippen molar-refractivity contribution in [2.45, 2.75) is 6.54 Å². The van der Waals surface area contributed by atoms with Gasteiger partial charge >= 0.3 is 0 Å². The van der Waals surface area contributed by atoms with E-state index in [4.69, 9.17) is 21.4 Å². The highest BCUT2D eigenvalue weighted by molar-refractivity contribution is 6.30. The zero-order chi connectivity index (χ0) is 14.8. The molecule has 1 rings (SSSR count). The van der Waals surface area contributed by atoms with Gasteiger partial charge in [0.15, 0.2) is 0 Å². The summed E-state index contributed by atoms with van der Waals surface area (Å²) in [6.07, 6.45) is 0. The smallest absolute Gasteiger partial charge is 0.234 e. The topological polar surface area (TPSA) is 61.8 Å². The Morgan fingerprint density at radius 3 is 2.65 bits per heavy atom. The van der Waals surface area contributed by atoms with E-state index in [0.717, 1.165) is 5.56 Å². The Kier molecular flexibility index (Phi) is 8.22. The van der Waals surface area contributed by atoms with Crippen molar-refractivity contribution in [3.63, 3.8) is 0 Å². The molecule has 0 aromatic heterocycles. The number of aliphatic hydroxyl groups excluding tert-OH is 1. The highest BCUT2D eigenvalue weighted by Crippen LogP contribution is 2.09. The van der Waals surface area contributed by atoms with E-state index in [9.17, 15) is 4.79 Å². The Morgan fingerprint density at radius 1 is 1.35 bits per heavy atom. The molecule has 6 heteroatoms. The monoisotopic (exact) mass is 300 g/mol. The number of hydrogen-bond donors (Lipinski definition) is 2. The number of hydrogen-bond acceptors (Lipinski definition) is 4. The third-order valence-electron chi connectivity index (χ3n) is 2.80. The first kappa shape index (κ1) is 16.9. The van der Waals surface area contributed by atoms with Crippen LogP contribution in [0.15, 0.2) is 24.3 Å². The first-order valence-electron chi connectivity index (χ1n) is 6.49. The summed E-state index contributed by atoms with van der Waals surface area (Å²) in [5, 5.41) is 12.5. The second-order valence-corrected chi connectivity index (χ2v) is 4.83. The van der Waals surface area contributed by atoms with Crippen molar-refractivity contribution in [2.75, 3.05) is 40.0 Å². The van der Waals surface area contributed by atoms with Gasteiger partial charge in [-0.2, -0.15) is 0 Å². The van der Waals surface area contributed by atoms with Crippen molar-refractivity contribution in [1.82, 2.24) is 10.2 Å². The Balaban J connectivity index is 2.35. The predicted molar refractivity (Wildman–Crippen MR) is 78.7 cm³/mol. The van der Waals surface area contributed by atoms with Gasteiger partial charge in [0, 0.05) is 31.8 Å². The maximum atomic E-state index is 11.8. The largest absolute Gasteiger partial charge is 0.395 e. The highest BCUT2D eigenvalue weighted by Gasteiger charge is 2.09. The number of methoxy groups -OCH3 is 1. The van der Waals surface area contributed by atoms with Crippen LogP contribution in [0.3, 0.4) is 0 Å². The van der Waals surface area contributed by atoms with Gasteiger partial charge in [-0.05, 0) is 17.7 Å².